The number of halogens is 1. The number of carbonyl (C=O) groups excluding carboxylic acids is 1. The molecule has 0 bridgehead atoms. The van der Waals surface area contributed by atoms with Gasteiger partial charge in [-0.2, -0.15) is 0 Å². The number of methoxy groups -OCH3 is 1. The van der Waals surface area contributed by atoms with Crippen molar-refractivity contribution in [2.24, 2.45) is 5.92 Å². The van der Waals surface area contributed by atoms with Crippen molar-refractivity contribution in [3.63, 3.8) is 0 Å². The number of aliphatic hydroxyl groups excluding tert-OH is 1. The summed E-state index contributed by atoms with van der Waals surface area (Å²) in [6, 6.07) is 3.64. The average molecular weight is 279 g/mol. The molecule has 5 heteroatoms. The van der Waals surface area contributed by atoms with Gasteiger partial charge in [-0.05, 0) is 30.7 Å². The van der Waals surface area contributed by atoms with Crippen LogP contribution in [0.5, 0.6) is 0 Å². The summed E-state index contributed by atoms with van der Waals surface area (Å²) in [5.41, 5.74) is 0.643. The largest absolute Gasteiger partial charge is 0.511 e. The number of rotatable bonds is 4. The summed E-state index contributed by atoms with van der Waals surface area (Å²) in [4.78, 5) is 11.5. The first kappa shape index (κ1) is 15.9. The molecule has 0 aliphatic carbocycles. The van der Waals surface area contributed by atoms with E-state index in [1.54, 1.807) is 13.8 Å². The third-order valence-corrected chi connectivity index (χ3v) is 2.79. The second-order valence-corrected chi connectivity index (χ2v) is 4.76. The molecule has 0 aliphatic heterocycles. The smallest absolute Gasteiger partial charge is 0.337 e. The first-order chi connectivity index (χ1) is 9.27. The minimum Gasteiger partial charge on any atom is -0.511 e. The van der Waals surface area contributed by atoms with Crippen molar-refractivity contribution in [3.8, 4) is 0 Å². The Kier molecular flexibility index (Phi) is 5.02. The molecule has 0 amide bonds. The van der Waals surface area contributed by atoms with Crippen LogP contribution in [0, 0.1) is 17.1 Å². The number of carbonyl (C=O) groups is 1. The van der Waals surface area contributed by atoms with Crippen molar-refractivity contribution in [3.05, 3.63) is 40.9 Å². The van der Waals surface area contributed by atoms with Crippen LogP contribution in [-0.4, -0.2) is 23.9 Å². The average Bonchev–Trinajstić information content (AvgIpc) is 2.36. The van der Waals surface area contributed by atoms with Gasteiger partial charge in [-0.3, -0.25) is 0 Å². The van der Waals surface area contributed by atoms with Crippen LogP contribution in [0.15, 0.2) is 24.0 Å². The fourth-order valence-electron chi connectivity index (χ4n) is 1.81. The van der Waals surface area contributed by atoms with Gasteiger partial charge in [-0.15, -0.1) is 0 Å². The molecule has 1 aromatic rings. The number of hydrogen-bond donors (Lipinski definition) is 2. The highest BCUT2D eigenvalue weighted by Gasteiger charge is 2.17. The number of allylic oxidation sites excluding steroid dienone is 2. The maximum atomic E-state index is 13.6. The van der Waals surface area contributed by atoms with Gasteiger partial charge in [0.25, 0.3) is 0 Å². The predicted molar refractivity (Wildman–Crippen MR) is 75.5 cm³/mol. The first-order valence-electron chi connectivity index (χ1n) is 6.15. The number of aliphatic hydroxyl groups is 1. The van der Waals surface area contributed by atoms with Gasteiger partial charge in [-0.1, -0.05) is 13.8 Å². The zero-order valence-electron chi connectivity index (χ0n) is 12.0. The summed E-state index contributed by atoms with van der Waals surface area (Å²) in [6.45, 7) is 5.02. The standard InChI is InChI=1S/C15H18FNO3/c1-8(2)14(18)13(9(3)17)10-5-11(15(19)20-4)7-12(16)6-10/h5-8,17-18H,1-4H3/b14-13+,17-9?. The molecule has 0 spiro atoms. The molecule has 0 heterocycles. The van der Waals surface area contributed by atoms with Crippen LogP contribution in [0.25, 0.3) is 5.57 Å². The van der Waals surface area contributed by atoms with Gasteiger partial charge in [0.05, 0.1) is 12.7 Å². The highest BCUT2D eigenvalue weighted by atomic mass is 19.1. The summed E-state index contributed by atoms with van der Waals surface area (Å²) in [7, 11) is 1.21. The Balaban J connectivity index is 3.51. The van der Waals surface area contributed by atoms with Crippen LogP contribution < -0.4 is 0 Å². The molecule has 0 unspecified atom stereocenters. The Bertz CT molecular complexity index is 576. The molecule has 1 aromatic carbocycles. The fraction of sp³-hybridized carbons (Fsp3) is 0.333. The van der Waals surface area contributed by atoms with Crippen molar-refractivity contribution in [1.82, 2.24) is 0 Å². The van der Waals surface area contributed by atoms with Crippen LogP contribution in [0.3, 0.4) is 0 Å². The van der Waals surface area contributed by atoms with Crippen molar-refractivity contribution in [1.29, 1.82) is 5.41 Å². The minimum absolute atomic E-state index is 0.0149. The van der Waals surface area contributed by atoms with E-state index in [-0.39, 0.29) is 34.1 Å². The summed E-state index contributed by atoms with van der Waals surface area (Å²) in [5.74, 6) is -1.52. The molecule has 0 aliphatic rings. The zero-order chi connectivity index (χ0) is 15.4. The Morgan fingerprint density at radius 3 is 2.30 bits per heavy atom. The first-order valence-corrected chi connectivity index (χ1v) is 6.15. The minimum atomic E-state index is -0.670. The molecule has 4 nitrogen and oxygen atoms in total. The molecule has 108 valence electrons. The zero-order valence-corrected chi connectivity index (χ0v) is 12.0. The third-order valence-electron chi connectivity index (χ3n) is 2.79. The topological polar surface area (TPSA) is 70.4 Å². The van der Waals surface area contributed by atoms with Gasteiger partial charge >= 0.3 is 5.97 Å². The normalized spacial score (nSPS) is 12.1. The summed E-state index contributed by atoms with van der Waals surface area (Å²) < 4.78 is 18.2. The van der Waals surface area contributed by atoms with Crippen molar-refractivity contribution >= 4 is 17.3 Å². The van der Waals surface area contributed by atoms with Crippen molar-refractivity contribution in [2.45, 2.75) is 20.8 Å². The van der Waals surface area contributed by atoms with Gasteiger partial charge in [0.15, 0.2) is 0 Å². The third kappa shape index (κ3) is 3.44. The Labute approximate surface area is 117 Å². The van der Waals surface area contributed by atoms with Crippen LogP contribution in [0.2, 0.25) is 0 Å². The quantitative estimate of drug-likeness (QED) is 0.503. The van der Waals surface area contributed by atoms with Gasteiger partial charge in [0, 0.05) is 17.2 Å². The highest BCUT2D eigenvalue weighted by molar-refractivity contribution is 6.22. The monoisotopic (exact) mass is 279 g/mol. The van der Waals surface area contributed by atoms with E-state index in [9.17, 15) is 14.3 Å². The lowest BCUT2D eigenvalue weighted by molar-refractivity contribution is 0.0600. The highest BCUT2D eigenvalue weighted by Crippen LogP contribution is 2.25. The van der Waals surface area contributed by atoms with E-state index in [1.165, 1.54) is 26.2 Å². The number of ether oxygens (including phenoxy) is 1. The Morgan fingerprint density at radius 2 is 1.85 bits per heavy atom. The second kappa shape index (κ2) is 6.32. The lowest BCUT2D eigenvalue weighted by Gasteiger charge is -2.14. The molecule has 1 rings (SSSR count). The van der Waals surface area contributed by atoms with Gasteiger partial charge in [0.1, 0.15) is 11.6 Å². The van der Waals surface area contributed by atoms with Crippen LogP contribution in [0.4, 0.5) is 4.39 Å². The second-order valence-electron chi connectivity index (χ2n) is 4.76. The van der Waals surface area contributed by atoms with E-state index in [1.807, 2.05) is 0 Å². The Morgan fingerprint density at radius 1 is 1.30 bits per heavy atom. The molecular weight excluding hydrogens is 261 g/mol. The van der Waals surface area contributed by atoms with Gasteiger partial charge < -0.3 is 15.3 Å². The number of esters is 1. The molecule has 0 aromatic heterocycles. The molecule has 0 saturated heterocycles. The SMILES string of the molecule is COC(=O)c1cc(F)cc(/C(C(C)=N)=C(/O)C(C)C)c1. The van der Waals surface area contributed by atoms with Crippen LogP contribution in [-0.2, 0) is 4.74 Å². The van der Waals surface area contributed by atoms with Crippen molar-refractivity contribution < 1.29 is 19.0 Å². The lowest BCUT2D eigenvalue weighted by Crippen LogP contribution is -2.08. The molecule has 2 N–H and O–H groups in total. The molecular formula is C15H18FNO3. The van der Waals surface area contributed by atoms with E-state index in [0.29, 0.717) is 0 Å². The summed E-state index contributed by atoms with van der Waals surface area (Å²) >= 11 is 0. The van der Waals surface area contributed by atoms with Crippen LogP contribution in [0.1, 0.15) is 36.7 Å². The number of benzene rings is 1. The Hall–Kier alpha value is -2.17. The summed E-state index contributed by atoms with van der Waals surface area (Å²) in [5, 5.41) is 17.8. The van der Waals surface area contributed by atoms with E-state index in [4.69, 9.17) is 5.41 Å². The van der Waals surface area contributed by atoms with E-state index in [0.717, 1.165) is 6.07 Å². The number of hydrogen-bond acceptors (Lipinski definition) is 4. The van der Waals surface area contributed by atoms with Crippen molar-refractivity contribution in [2.75, 3.05) is 7.11 Å². The molecule has 0 fully saturated rings. The summed E-state index contributed by atoms with van der Waals surface area (Å²) in [6.07, 6.45) is 0. The van der Waals surface area contributed by atoms with E-state index >= 15 is 0 Å². The van der Waals surface area contributed by atoms with Gasteiger partial charge in [0.2, 0.25) is 0 Å². The molecule has 0 radical (unpaired) electrons. The lowest BCUT2D eigenvalue weighted by atomic mass is 9.95. The molecule has 20 heavy (non-hydrogen) atoms. The fourth-order valence-corrected chi connectivity index (χ4v) is 1.81. The van der Waals surface area contributed by atoms with Crippen LogP contribution >= 0.6 is 0 Å². The maximum absolute atomic E-state index is 13.6. The van der Waals surface area contributed by atoms with Gasteiger partial charge in [-0.25, -0.2) is 9.18 Å². The predicted octanol–water partition coefficient (Wildman–Crippen LogP) is 3.58. The molecule has 0 atom stereocenters. The maximum Gasteiger partial charge on any atom is 0.337 e. The molecule has 0 saturated carbocycles. The van der Waals surface area contributed by atoms with E-state index in [2.05, 4.69) is 4.74 Å². The number of nitrogens with one attached hydrogen (secondary N) is 1. The van der Waals surface area contributed by atoms with E-state index < -0.39 is 11.8 Å².